The third kappa shape index (κ3) is 5.02. The molecule has 0 aliphatic rings. The van der Waals surface area contributed by atoms with Gasteiger partial charge in [-0.05, 0) is 30.3 Å². The second kappa shape index (κ2) is 8.41. The van der Waals surface area contributed by atoms with Gasteiger partial charge in [0.15, 0.2) is 0 Å². The summed E-state index contributed by atoms with van der Waals surface area (Å²) in [5.41, 5.74) is -3.88. The van der Waals surface area contributed by atoms with E-state index in [4.69, 9.17) is 0 Å². The largest absolute Gasteiger partial charge is 0.507 e. The number of phenols is 1. The standard InChI is InChI=1S/C14H7F3N2O3.C6H4F3NO/c15-14(16,17)9-6-10-8(5-12(9)20)4-7-2-1-3-11(19(21)22)13(7)18-10;7-6(8,9)4-2-1-3-10-5(4)11/h1-6,20H;1-3H,(H,10,11). The molecule has 2 aromatic heterocycles. The molecule has 0 aliphatic heterocycles. The molecule has 0 amide bonds. The fourth-order valence-corrected chi connectivity index (χ4v) is 2.90. The second-order valence-corrected chi connectivity index (χ2v) is 6.56. The minimum absolute atomic E-state index is 0.00110. The number of pyridine rings is 2. The van der Waals surface area contributed by atoms with Gasteiger partial charge < -0.3 is 10.1 Å². The molecule has 4 aromatic rings. The summed E-state index contributed by atoms with van der Waals surface area (Å²) < 4.78 is 73.9. The van der Waals surface area contributed by atoms with Crippen LogP contribution in [0.2, 0.25) is 0 Å². The van der Waals surface area contributed by atoms with Crippen molar-refractivity contribution < 1.29 is 36.4 Å². The van der Waals surface area contributed by atoms with Crippen molar-refractivity contribution in [1.29, 1.82) is 0 Å². The van der Waals surface area contributed by atoms with Crippen LogP contribution in [0.25, 0.3) is 21.8 Å². The van der Waals surface area contributed by atoms with E-state index in [-0.39, 0.29) is 22.1 Å². The number of non-ortho nitro benzene ring substituents is 1. The van der Waals surface area contributed by atoms with Crippen LogP contribution < -0.4 is 5.56 Å². The minimum atomic E-state index is -4.74. The Morgan fingerprint density at radius 3 is 2.12 bits per heavy atom. The van der Waals surface area contributed by atoms with E-state index in [1.807, 2.05) is 4.98 Å². The Kier molecular flexibility index (Phi) is 5.99. The van der Waals surface area contributed by atoms with Crippen molar-refractivity contribution in [1.82, 2.24) is 9.97 Å². The van der Waals surface area contributed by atoms with E-state index >= 15 is 0 Å². The van der Waals surface area contributed by atoms with Crippen LogP contribution in [-0.4, -0.2) is 20.0 Å². The van der Waals surface area contributed by atoms with E-state index in [2.05, 4.69) is 4.98 Å². The van der Waals surface area contributed by atoms with Crippen LogP contribution in [0.5, 0.6) is 5.75 Å². The van der Waals surface area contributed by atoms with Crippen LogP contribution in [0.15, 0.2) is 59.5 Å². The van der Waals surface area contributed by atoms with Crippen molar-refractivity contribution >= 4 is 27.5 Å². The molecule has 0 saturated heterocycles. The zero-order valence-electron chi connectivity index (χ0n) is 16.0. The average Bonchev–Trinajstić information content (AvgIpc) is 2.70. The van der Waals surface area contributed by atoms with Crippen LogP contribution in [0.1, 0.15) is 11.1 Å². The molecule has 4 rings (SSSR count). The fraction of sp³-hybridized carbons (Fsp3) is 0.100. The number of aromatic amines is 1. The monoisotopic (exact) mass is 471 g/mol. The molecule has 0 bridgehead atoms. The lowest BCUT2D eigenvalue weighted by Crippen LogP contribution is -2.20. The number of rotatable bonds is 1. The number of aromatic hydroxyl groups is 1. The Labute approximate surface area is 179 Å². The van der Waals surface area contributed by atoms with Crippen molar-refractivity contribution in [3.05, 3.63) is 86.3 Å². The van der Waals surface area contributed by atoms with Gasteiger partial charge in [0.1, 0.15) is 16.8 Å². The van der Waals surface area contributed by atoms with Crippen LogP contribution in [0.3, 0.4) is 0 Å². The van der Waals surface area contributed by atoms with E-state index in [9.17, 15) is 46.4 Å². The summed E-state index contributed by atoms with van der Waals surface area (Å²) in [6.07, 6.45) is -8.15. The topological polar surface area (TPSA) is 109 Å². The molecule has 0 atom stereocenters. The van der Waals surface area contributed by atoms with Crippen LogP contribution >= 0.6 is 0 Å². The number of hydrogen-bond donors (Lipinski definition) is 2. The number of benzene rings is 2. The molecule has 2 N–H and O–H groups in total. The second-order valence-electron chi connectivity index (χ2n) is 6.56. The summed E-state index contributed by atoms with van der Waals surface area (Å²) >= 11 is 0. The normalized spacial score (nSPS) is 11.8. The number of H-pyrrole nitrogens is 1. The number of para-hydroxylation sites is 1. The first-order valence-corrected chi connectivity index (χ1v) is 8.82. The SMILES string of the molecule is O=[N+]([O-])c1cccc2cc3cc(O)c(C(F)(F)F)cc3nc12.O=c1[nH]cccc1C(F)(F)F. The fourth-order valence-electron chi connectivity index (χ4n) is 2.90. The quantitative estimate of drug-likeness (QED) is 0.167. The number of phenolic OH excluding ortho intramolecular Hbond substituents is 1. The number of aromatic nitrogens is 2. The third-order valence-electron chi connectivity index (χ3n) is 4.36. The predicted molar refractivity (Wildman–Crippen MR) is 105 cm³/mol. The van der Waals surface area contributed by atoms with Gasteiger partial charge in [0.25, 0.3) is 11.2 Å². The Hall–Kier alpha value is -4.16. The summed E-state index contributed by atoms with van der Waals surface area (Å²) in [6.45, 7) is 0. The summed E-state index contributed by atoms with van der Waals surface area (Å²) in [5, 5.41) is 21.1. The number of nitrogens with one attached hydrogen (secondary N) is 1. The lowest BCUT2D eigenvalue weighted by atomic mass is 10.1. The molecule has 7 nitrogen and oxygen atoms in total. The first-order valence-electron chi connectivity index (χ1n) is 8.82. The maximum atomic E-state index is 12.8. The van der Waals surface area contributed by atoms with E-state index in [0.29, 0.717) is 11.5 Å². The van der Waals surface area contributed by atoms with Gasteiger partial charge in [-0.15, -0.1) is 0 Å². The Morgan fingerprint density at radius 2 is 1.58 bits per heavy atom. The Bertz CT molecular complexity index is 1410. The molecular formula is C20H11F6N3O4. The highest BCUT2D eigenvalue weighted by atomic mass is 19.4. The van der Waals surface area contributed by atoms with E-state index in [1.165, 1.54) is 18.2 Å². The van der Waals surface area contributed by atoms with Crippen molar-refractivity contribution in [2.24, 2.45) is 0 Å². The number of hydrogen-bond acceptors (Lipinski definition) is 5. The van der Waals surface area contributed by atoms with Gasteiger partial charge >= 0.3 is 12.4 Å². The van der Waals surface area contributed by atoms with Gasteiger partial charge in [-0.1, -0.05) is 12.1 Å². The van der Waals surface area contributed by atoms with Crippen molar-refractivity contribution in [2.45, 2.75) is 12.4 Å². The number of nitro groups is 1. The van der Waals surface area contributed by atoms with Crippen molar-refractivity contribution in [2.75, 3.05) is 0 Å². The smallest absolute Gasteiger partial charge is 0.421 e. The van der Waals surface area contributed by atoms with E-state index < -0.39 is 39.7 Å². The van der Waals surface area contributed by atoms with Crippen LogP contribution in [0, 0.1) is 10.1 Å². The molecule has 0 aliphatic carbocycles. The first kappa shape index (κ1) is 23.5. The Morgan fingerprint density at radius 1 is 0.909 bits per heavy atom. The van der Waals surface area contributed by atoms with E-state index in [1.54, 1.807) is 6.07 Å². The molecule has 2 aromatic carbocycles. The third-order valence-corrected chi connectivity index (χ3v) is 4.36. The van der Waals surface area contributed by atoms with Gasteiger partial charge in [0.2, 0.25) is 0 Å². The molecule has 2 heterocycles. The highest BCUT2D eigenvalue weighted by Crippen LogP contribution is 2.38. The molecule has 13 heteroatoms. The average molecular weight is 471 g/mol. The zero-order chi connectivity index (χ0) is 24.6. The number of alkyl halides is 6. The molecular weight excluding hydrogens is 460 g/mol. The first-order chi connectivity index (χ1) is 15.3. The number of nitrogens with zero attached hydrogens (tertiary/aromatic N) is 2. The highest BCUT2D eigenvalue weighted by Gasteiger charge is 2.34. The van der Waals surface area contributed by atoms with Gasteiger partial charge in [-0.3, -0.25) is 14.9 Å². The van der Waals surface area contributed by atoms with Gasteiger partial charge in [-0.2, -0.15) is 26.3 Å². The molecule has 0 unspecified atom stereocenters. The molecule has 0 radical (unpaired) electrons. The zero-order valence-corrected chi connectivity index (χ0v) is 16.0. The van der Waals surface area contributed by atoms with Crippen molar-refractivity contribution in [3.63, 3.8) is 0 Å². The van der Waals surface area contributed by atoms with Crippen LogP contribution in [0.4, 0.5) is 32.0 Å². The number of fused-ring (bicyclic) bond motifs is 2. The predicted octanol–water partition coefficient (Wildman–Crippen LogP) is 5.41. The maximum absolute atomic E-state index is 12.8. The highest BCUT2D eigenvalue weighted by molar-refractivity contribution is 5.97. The van der Waals surface area contributed by atoms with Crippen molar-refractivity contribution in [3.8, 4) is 5.75 Å². The summed E-state index contributed by atoms with van der Waals surface area (Å²) in [5.74, 6) is -0.911. The Balaban J connectivity index is 0.000000235. The molecule has 172 valence electrons. The van der Waals surface area contributed by atoms with Gasteiger partial charge in [0.05, 0.1) is 16.0 Å². The van der Waals surface area contributed by atoms with Gasteiger partial charge in [0, 0.05) is 23.0 Å². The maximum Gasteiger partial charge on any atom is 0.421 e. The lowest BCUT2D eigenvalue weighted by molar-refractivity contribution is -0.383. The van der Waals surface area contributed by atoms with Crippen LogP contribution in [-0.2, 0) is 12.4 Å². The lowest BCUT2D eigenvalue weighted by Gasteiger charge is -2.10. The summed E-state index contributed by atoms with van der Waals surface area (Å²) in [4.78, 5) is 26.7. The van der Waals surface area contributed by atoms with E-state index in [0.717, 1.165) is 24.4 Å². The van der Waals surface area contributed by atoms with Gasteiger partial charge in [-0.25, -0.2) is 4.98 Å². The molecule has 33 heavy (non-hydrogen) atoms. The summed E-state index contributed by atoms with van der Waals surface area (Å²) in [6, 6.07) is 9.19. The number of halogens is 6. The summed E-state index contributed by atoms with van der Waals surface area (Å²) in [7, 11) is 0. The molecule has 0 fully saturated rings. The minimum Gasteiger partial charge on any atom is -0.507 e. The molecule has 0 spiro atoms. The molecule has 0 saturated carbocycles. The number of nitro benzene ring substituents is 1.